The molecule has 1 heterocycles. The Hall–Kier alpha value is -2.18. The van der Waals surface area contributed by atoms with Gasteiger partial charge in [-0.2, -0.15) is 23.3 Å². The fourth-order valence-electron chi connectivity index (χ4n) is 1.73. The lowest BCUT2D eigenvalue weighted by atomic mass is 10.2. The van der Waals surface area contributed by atoms with E-state index >= 15 is 0 Å². The molecule has 0 spiro atoms. The summed E-state index contributed by atoms with van der Waals surface area (Å²) >= 11 is 5.44. The molecule has 0 saturated heterocycles. The first-order valence-electron chi connectivity index (χ1n) is 6.61. The molecule has 0 unspecified atom stereocenters. The van der Waals surface area contributed by atoms with Crippen LogP contribution in [0.4, 0.5) is 19.1 Å². The molecule has 0 aliphatic heterocycles. The first kappa shape index (κ1) is 19.1. The van der Waals surface area contributed by atoms with Gasteiger partial charge in [-0.25, -0.2) is 18.2 Å². The Kier molecular flexibility index (Phi) is 5.65. The number of hydrogen-bond donors (Lipinski definition) is 3. The molecule has 0 radical (unpaired) electrons. The molecular weight excluding hydrogens is 387 g/mol. The van der Waals surface area contributed by atoms with Gasteiger partial charge in [-0.15, -0.1) is 0 Å². The number of anilines is 1. The molecule has 25 heavy (non-hydrogen) atoms. The number of carbonyl (C=O) groups excluding carboxylic acids is 1. The van der Waals surface area contributed by atoms with Crippen molar-refractivity contribution >= 4 is 33.5 Å². The third-order valence-corrected chi connectivity index (χ3v) is 4.66. The highest BCUT2D eigenvalue weighted by Gasteiger charge is 2.34. The number of aromatic amines is 1. The van der Waals surface area contributed by atoms with Crippen molar-refractivity contribution in [2.24, 2.45) is 0 Å². The number of nitrogens with one attached hydrogen (secondary N) is 3. The number of halogens is 4. The van der Waals surface area contributed by atoms with Gasteiger partial charge in [0.2, 0.25) is 21.9 Å². The van der Waals surface area contributed by atoms with Crippen LogP contribution < -0.4 is 10.0 Å². The Balaban J connectivity index is 2.01. The highest BCUT2D eigenvalue weighted by atomic mass is 35.5. The minimum atomic E-state index is -4.79. The van der Waals surface area contributed by atoms with Gasteiger partial charge in [-0.3, -0.25) is 10.1 Å². The van der Waals surface area contributed by atoms with Gasteiger partial charge in [-0.1, -0.05) is 11.6 Å². The number of carbonyl (C=O) groups is 1. The molecule has 1 amide bonds. The number of hydrogen-bond acceptors (Lipinski definition) is 5. The molecule has 0 fully saturated rings. The van der Waals surface area contributed by atoms with Crippen molar-refractivity contribution < 1.29 is 26.4 Å². The number of amides is 1. The average molecular weight is 398 g/mol. The van der Waals surface area contributed by atoms with E-state index in [2.05, 4.69) is 20.5 Å². The molecule has 1 aromatic heterocycles. The highest BCUT2D eigenvalue weighted by Crippen LogP contribution is 2.35. The SMILES string of the molecule is O=C(CCNS(=O)(=O)c1ccc(Cl)c(C(F)(F)F)c1)Nc1ncn[nH]1. The molecule has 2 aromatic rings. The van der Waals surface area contributed by atoms with Gasteiger partial charge >= 0.3 is 6.18 Å². The normalized spacial score (nSPS) is 12.2. The van der Waals surface area contributed by atoms with E-state index in [1.54, 1.807) is 0 Å². The van der Waals surface area contributed by atoms with Crippen LogP contribution in [0.5, 0.6) is 0 Å². The Bertz CT molecular complexity index is 855. The molecule has 0 saturated carbocycles. The largest absolute Gasteiger partial charge is 0.417 e. The fraction of sp³-hybridized carbons (Fsp3) is 0.250. The summed E-state index contributed by atoms with van der Waals surface area (Å²) in [5.74, 6) is -0.480. The fourth-order valence-corrected chi connectivity index (χ4v) is 3.01. The third kappa shape index (κ3) is 5.14. The van der Waals surface area contributed by atoms with Crippen LogP contribution in [0.1, 0.15) is 12.0 Å². The highest BCUT2D eigenvalue weighted by molar-refractivity contribution is 7.89. The maximum Gasteiger partial charge on any atom is 0.417 e. The number of benzene rings is 1. The number of sulfonamides is 1. The minimum absolute atomic E-state index is 0.0837. The summed E-state index contributed by atoms with van der Waals surface area (Å²) in [4.78, 5) is 14.6. The van der Waals surface area contributed by atoms with Crippen molar-refractivity contribution in [1.82, 2.24) is 19.9 Å². The summed E-state index contributed by atoms with van der Waals surface area (Å²) in [6.45, 7) is -0.327. The first-order chi connectivity index (χ1) is 11.6. The Morgan fingerprint density at radius 2 is 2.04 bits per heavy atom. The quantitative estimate of drug-likeness (QED) is 0.687. The second kappa shape index (κ2) is 7.37. The number of alkyl halides is 3. The van der Waals surface area contributed by atoms with Crippen LogP contribution in [0, 0.1) is 0 Å². The molecule has 0 aliphatic rings. The van der Waals surface area contributed by atoms with Crippen LogP contribution in [0.3, 0.4) is 0 Å². The Morgan fingerprint density at radius 1 is 1.32 bits per heavy atom. The number of rotatable bonds is 6. The van der Waals surface area contributed by atoms with Crippen molar-refractivity contribution in [3.8, 4) is 0 Å². The van der Waals surface area contributed by atoms with Crippen molar-refractivity contribution in [3.63, 3.8) is 0 Å². The standard InChI is InChI=1S/C12H11ClF3N5O3S/c13-9-2-1-7(5-8(9)12(14,15)16)25(23,24)19-4-3-10(22)20-11-17-6-18-21-11/h1-2,5-6,19H,3-4H2,(H2,17,18,20,21,22). The summed E-state index contributed by atoms with van der Waals surface area (Å²) in [6.07, 6.45) is -3.89. The van der Waals surface area contributed by atoms with Crippen LogP contribution in [0.15, 0.2) is 29.4 Å². The van der Waals surface area contributed by atoms with Crippen molar-refractivity contribution in [2.75, 3.05) is 11.9 Å². The Morgan fingerprint density at radius 3 is 2.64 bits per heavy atom. The van der Waals surface area contributed by atoms with Gasteiger partial charge < -0.3 is 0 Å². The van der Waals surface area contributed by atoms with E-state index in [1.807, 2.05) is 4.72 Å². The van der Waals surface area contributed by atoms with E-state index in [4.69, 9.17) is 11.6 Å². The van der Waals surface area contributed by atoms with Crippen molar-refractivity contribution in [2.45, 2.75) is 17.5 Å². The van der Waals surface area contributed by atoms with Crippen LogP contribution in [-0.4, -0.2) is 36.1 Å². The molecule has 3 N–H and O–H groups in total. The van der Waals surface area contributed by atoms with E-state index < -0.39 is 37.6 Å². The van der Waals surface area contributed by atoms with Crippen LogP contribution in [0.2, 0.25) is 5.02 Å². The zero-order chi connectivity index (χ0) is 18.7. The van der Waals surface area contributed by atoms with Gasteiger partial charge in [0.05, 0.1) is 15.5 Å². The monoisotopic (exact) mass is 397 g/mol. The summed E-state index contributed by atoms with van der Waals surface area (Å²) in [7, 11) is -4.24. The summed E-state index contributed by atoms with van der Waals surface area (Å²) in [6, 6.07) is 2.21. The molecular formula is C12H11ClF3N5O3S. The molecule has 0 bridgehead atoms. The second-order valence-corrected chi connectivity index (χ2v) is 6.84. The van der Waals surface area contributed by atoms with E-state index in [1.165, 1.54) is 0 Å². The van der Waals surface area contributed by atoms with Crippen LogP contribution >= 0.6 is 11.6 Å². The maximum atomic E-state index is 12.8. The molecule has 136 valence electrons. The minimum Gasteiger partial charge on any atom is -0.295 e. The molecule has 8 nitrogen and oxygen atoms in total. The maximum absolute atomic E-state index is 12.8. The predicted octanol–water partition coefficient (Wildman–Crippen LogP) is 1.78. The first-order valence-corrected chi connectivity index (χ1v) is 8.47. The zero-order valence-electron chi connectivity index (χ0n) is 12.3. The number of aromatic nitrogens is 3. The summed E-state index contributed by atoms with van der Waals surface area (Å²) in [5.41, 5.74) is -1.26. The summed E-state index contributed by atoms with van der Waals surface area (Å²) < 4.78 is 64.5. The zero-order valence-corrected chi connectivity index (χ0v) is 13.8. The topological polar surface area (TPSA) is 117 Å². The van der Waals surface area contributed by atoms with E-state index in [0.717, 1.165) is 18.5 Å². The van der Waals surface area contributed by atoms with E-state index in [0.29, 0.717) is 6.07 Å². The van der Waals surface area contributed by atoms with Gasteiger partial charge in [0.1, 0.15) is 6.33 Å². The van der Waals surface area contributed by atoms with Crippen molar-refractivity contribution in [3.05, 3.63) is 35.1 Å². The van der Waals surface area contributed by atoms with Crippen LogP contribution in [0.25, 0.3) is 0 Å². The third-order valence-electron chi connectivity index (χ3n) is 2.87. The lowest BCUT2D eigenvalue weighted by Crippen LogP contribution is -2.28. The average Bonchev–Trinajstić information content (AvgIpc) is 2.98. The van der Waals surface area contributed by atoms with Crippen molar-refractivity contribution in [1.29, 1.82) is 0 Å². The van der Waals surface area contributed by atoms with Gasteiger partial charge in [0.25, 0.3) is 0 Å². The molecule has 0 aliphatic carbocycles. The lowest BCUT2D eigenvalue weighted by Gasteiger charge is -2.12. The smallest absolute Gasteiger partial charge is 0.295 e. The molecule has 13 heteroatoms. The van der Waals surface area contributed by atoms with E-state index in [9.17, 15) is 26.4 Å². The molecule has 1 aromatic carbocycles. The van der Waals surface area contributed by atoms with E-state index in [-0.39, 0.29) is 18.9 Å². The molecule has 2 rings (SSSR count). The lowest BCUT2D eigenvalue weighted by molar-refractivity contribution is -0.137. The predicted molar refractivity (Wildman–Crippen MR) is 81.3 cm³/mol. The Labute approximate surface area is 144 Å². The van der Waals surface area contributed by atoms with Gasteiger partial charge in [-0.05, 0) is 18.2 Å². The van der Waals surface area contributed by atoms with Crippen LogP contribution in [-0.2, 0) is 21.0 Å². The number of nitrogens with zero attached hydrogens (tertiary/aromatic N) is 2. The van der Waals surface area contributed by atoms with Gasteiger partial charge in [0, 0.05) is 13.0 Å². The number of H-pyrrole nitrogens is 1. The van der Waals surface area contributed by atoms with Gasteiger partial charge in [0.15, 0.2) is 0 Å². The second-order valence-electron chi connectivity index (χ2n) is 4.67. The summed E-state index contributed by atoms with van der Waals surface area (Å²) in [5, 5.41) is 7.58. The molecule has 0 atom stereocenters.